The first-order valence-electron chi connectivity index (χ1n) is 9.78. The molecule has 5 nitrogen and oxygen atoms in total. The molecule has 32 heavy (non-hydrogen) atoms. The van der Waals surface area contributed by atoms with E-state index in [2.05, 4.69) is 15.5 Å². The summed E-state index contributed by atoms with van der Waals surface area (Å²) in [6.07, 6.45) is -4.44. The van der Waals surface area contributed by atoms with Gasteiger partial charge in [-0.1, -0.05) is 30.3 Å². The maximum absolute atomic E-state index is 12.9. The van der Waals surface area contributed by atoms with Crippen molar-refractivity contribution in [3.63, 3.8) is 0 Å². The molecule has 1 atom stereocenters. The number of rotatable bonds is 5. The van der Waals surface area contributed by atoms with Crippen LogP contribution in [0.1, 0.15) is 34.5 Å². The molecule has 1 heterocycles. The monoisotopic (exact) mass is 437 g/mol. The number of carbonyl (C=O) groups excluding carboxylic acids is 1. The predicted molar refractivity (Wildman–Crippen MR) is 112 cm³/mol. The number of benzene rings is 3. The van der Waals surface area contributed by atoms with Crippen molar-refractivity contribution in [3.8, 4) is 22.9 Å². The summed E-state index contributed by atoms with van der Waals surface area (Å²) in [6.45, 7) is 1.63. The van der Waals surface area contributed by atoms with E-state index in [1.165, 1.54) is 6.07 Å². The third-order valence-corrected chi connectivity index (χ3v) is 4.90. The van der Waals surface area contributed by atoms with Crippen LogP contribution in [0, 0.1) is 0 Å². The lowest BCUT2D eigenvalue weighted by Crippen LogP contribution is -2.26. The Morgan fingerprint density at radius 1 is 0.875 bits per heavy atom. The molecule has 0 spiro atoms. The van der Waals surface area contributed by atoms with Gasteiger partial charge in [0.05, 0.1) is 11.6 Å². The first kappa shape index (κ1) is 21.3. The summed E-state index contributed by atoms with van der Waals surface area (Å²) in [7, 11) is 0. The van der Waals surface area contributed by atoms with Crippen LogP contribution >= 0.6 is 0 Å². The molecule has 4 rings (SSSR count). The van der Waals surface area contributed by atoms with Crippen molar-refractivity contribution in [1.29, 1.82) is 0 Å². The van der Waals surface area contributed by atoms with Crippen LogP contribution in [0.15, 0.2) is 83.3 Å². The molecular formula is C24H18F3N3O2. The van der Waals surface area contributed by atoms with E-state index in [9.17, 15) is 18.0 Å². The topological polar surface area (TPSA) is 68.0 Å². The van der Waals surface area contributed by atoms with Gasteiger partial charge in [-0.3, -0.25) is 4.79 Å². The second-order valence-corrected chi connectivity index (χ2v) is 7.17. The summed E-state index contributed by atoms with van der Waals surface area (Å²) in [5.41, 5.74) is 1.40. The number of nitrogens with one attached hydrogen (secondary N) is 1. The minimum absolute atomic E-state index is 0.313. The van der Waals surface area contributed by atoms with E-state index in [1.807, 2.05) is 30.3 Å². The largest absolute Gasteiger partial charge is 0.416 e. The van der Waals surface area contributed by atoms with Crippen molar-refractivity contribution in [2.45, 2.75) is 19.1 Å². The lowest BCUT2D eigenvalue weighted by Gasteiger charge is -2.16. The number of carbonyl (C=O) groups is 1. The Hall–Kier alpha value is -3.94. The van der Waals surface area contributed by atoms with Crippen molar-refractivity contribution >= 4 is 5.91 Å². The van der Waals surface area contributed by atoms with Crippen LogP contribution in [-0.2, 0) is 6.18 Å². The van der Waals surface area contributed by atoms with E-state index >= 15 is 0 Å². The van der Waals surface area contributed by atoms with Crippen LogP contribution in [0.2, 0.25) is 0 Å². The second kappa shape index (κ2) is 8.66. The van der Waals surface area contributed by atoms with E-state index in [-0.39, 0.29) is 0 Å². The quantitative estimate of drug-likeness (QED) is 0.421. The average molecular weight is 437 g/mol. The second-order valence-electron chi connectivity index (χ2n) is 7.17. The fraction of sp³-hybridized carbons (Fsp3) is 0.125. The number of aromatic nitrogens is 2. The SMILES string of the molecule is CC(NC(=O)c1ccc(-c2nnc(-c3ccccc3)o2)cc1)c1cccc(C(F)(F)F)c1. The van der Waals surface area contributed by atoms with Gasteiger partial charge in [0.2, 0.25) is 11.8 Å². The molecule has 0 saturated carbocycles. The molecule has 1 unspecified atom stereocenters. The van der Waals surface area contributed by atoms with Gasteiger partial charge in [0.15, 0.2) is 0 Å². The van der Waals surface area contributed by atoms with Crippen LogP contribution in [0.5, 0.6) is 0 Å². The highest BCUT2D eigenvalue weighted by molar-refractivity contribution is 5.94. The van der Waals surface area contributed by atoms with Crippen LogP contribution in [0.3, 0.4) is 0 Å². The van der Waals surface area contributed by atoms with E-state index < -0.39 is 23.7 Å². The molecule has 1 amide bonds. The fourth-order valence-corrected chi connectivity index (χ4v) is 3.15. The molecule has 1 N–H and O–H groups in total. The molecule has 0 aliphatic rings. The van der Waals surface area contributed by atoms with E-state index in [1.54, 1.807) is 37.3 Å². The van der Waals surface area contributed by atoms with Gasteiger partial charge in [0.1, 0.15) is 0 Å². The smallest absolute Gasteiger partial charge is 0.416 e. The molecule has 0 fully saturated rings. The maximum Gasteiger partial charge on any atom is 0.416 e. The fourth-order valence-electron chi connectivity index (χ4n) is 3.15. The van der Waals surface area contributed by atoms with Crippen LogP contribution in [0.25, 0.3) is 22.9 Å². The Bertz CT molecular complexity index is 1220. The molecule has 8 heteroatoms. The van der Waals surface area contributed by atoms with Gasteiger partial charge in [-0.05, 0) is 61.0 Å². The molecule has 0 bridgehead atoms. The van der Waals surface area contributed by atoms with Gasteiger partial charge < -0.3 is 9.73 Å². The van der Waals surface area contributed by atoms with Crippen molar-refractivity contribution in [1.82, 2.24) is 15.5 Å². The highest BCUT2D eigenvalue weighted by Crippen LogP contribution is 2.31. The van der Waals surface area contributed by atoms with Crippen LogP contribution < -0.4 is 5.32 Å². The van der Waals surface area contributed by atoms with Gasteiger partial charge >= 0.3 is 6.18 Å². The Morgan fingerprint density at radius 3 is 2.12 bits per heavy atom. The molecule has 0 saturated heterocycles. The first-order valence-corrected chi connectivity index (χ1v) is 9.78. The third-order valence-electron chi connectivity index (χ3n) is 4.90. The molecule has 0 aliphatic carbocycles. The number of halogens is 3. The van der Waals surface area contributed by atoms with Crippen LogP contribution in [0.4, 0.5) is 13.2 Å². The average Bonchev–Trinajstić information content (AvgIpc) is 3.30. The van der Waals surface area contributed by atoms with E-state index in [4.69, 9.17) is 4.42 Å². The van der Waals surface area contributed by atoms with Crippen molar-refractivity contribution in [2.75, 3.05) is 0 Å². The molecular weight excluding hydrogens is 419 g/mol. The number of amides is 1. The number of hydrogen-bond donors (Lipinski definition) is 1. The minimum atomic E-state index is -4.44. The predicted octanol–water partition coefficient (Wildman–Crippen LogP) is 5.91. The number of nitrogens with zero attached hydrogens (tertiary/aromatic N) is 2. The summed E-state index contributed by atoms with van der Waals surface area (Å²) in [5, 5.41) is 10.8. The Labute approximate surface area is 181 Å². The molecule has 1 aromatic heterocycles. The lowest BCUT2D eigenvalue weighted by molar-refractivity contribution is -0.137. The normalized spacial score (nSPS) is 12.4. The standard InChI is InChI=1S/C24H18F3N3O2/c1-15(19-8-5-9-20(14-19)24(25,26)27)28-21(31)16-10-12-18(13-11-16)23-30-29-22(32-23)17-6-3-2-4-7-17/h2-15H,1H3,(H,28,31). The van der Waals surface area contributed by atoms with Gasteiger partial charge in [0.25, 0.3) is 5.91 Å². The summed E-state index contributed by atoms with van der Waals surface area (Å²) in [5.74, 6) is 0.294. The zero-order chi connectivity index (χ0) is 22.7. The molecule has 0 radical (unpaired) electrons. The van der Waals surface area contributed by atoms with E-state index in [0.29, 0.717) is 28.5 Å². The number of hydrogen-bond acceptors (Lipinski definition) is 4. The van der Waals surface area contributed by atoms with Gasteiger partial charge in [-0.25, -0.2) is 0 Å². The molecule has 162 valence electrons. The maximum atomic E-state index is 12.9. The Balaban J connectivity index is 1.45. The summed E-state index contributed by atoms with van der Waals surface area (Å²) in [4.78, 5) is 12.6. The first-order chi connectivity index (χ1) is 15.3. The Morgan fingerprint density at radius 2 is 1.50 bits per heavy atom. The summed E-state index contributed by atoms with van der Waals surface area (Å²) in [6, 6.07) is 20.2. The lowest BCUT2D eigenvalue weighted by atomic mass is 10.0. The molecule has 4 aromatic rings. The minimum Gasteiger partial charge on any atom is -0.416 e. The van der Waals surface area contributed by atoms with Gasteiger partial charge in [0, 0.05) is 16.7 Å². The van der Waals surface area contributed by atoms with Crippen molar-refractivity contribution < 1.29 is 22.4 Å². The van der Waals surface area contributed by atoms with Gasteiger partial charge in [-0.15, -0.1) is 10.2 Å². The summed E-state index contributed by atoms with van der Waals surface area (Å²) >= 11 is 0. The summed E-state index contributed by atoms with van der Waals surface area (Å²) < 4.78 is 44.5. The van der Waals surface area contributed by atoms with Gasteiger partial charge in [-0.2, -0.15) is 13.2 Å². The zero-order valence-corrected chi connectivity index (χ0v) is 16.9. The zero-order valence-electron chi connectivity index (χ0n) is 16.9. The highest BCUT2D eigenvalue weighted by Gasteiger charge is 2.30. The van der Waals surface area contributed by atoms with Crippen molar-refractivity contribution in [2.24, 2.45) is 0 Å². The van der Waals surface area contributed by atoms with Crippen LogP contribution in [-0.4, -0.2) is 16.1 Å². The Kier molecular flexibility index (Phi) is 5.77. The highest BCUT2D eigenvalue weighted by atomic mass is 19.4. The molecule has 0 aliphatic heterocycles. The third kappa shape index (κ3) is 4.69. The molecule has 3 aromatic carbocycles. The number of alkyl halides is 3. The van der Waals surface area contributed by atoms with Crippen molar-refractivity contribution in [3.05, 3.63) is 95.6 Å². The van der Waals surface area contributed by atoms with E-state index in [0.717, 1.165) is 17.7 Å².